The van der Waals surface area contributed by atoms with E-state index in [2.05, 4.69) is 36.2 Å². The highest BCUT2D eigenvalue weighted by molar-refractivity contribution is 7.99. The Balaban J connectivity index is 2.46. The van der Waals surface area contributed by atoms with E-state index in [-0.39, 0.29) is 0 Å². The Morgan fingerprint density at radius 3 is 3.08 bits per heavy atom. The van der Waals surface area contributed by atoms with Crippen LogP contribution in [0.4, 0.5) is 0 Å². The van der Waals surface area contributed by atoms with Crippen molar-refractivity contribution in [1.82, 2.24) is 4.98 Å². The number of rotatable bonds is 2. The van der Waals surface area contributed by atoms with E-state index >= 15 is 0 Å². The smallest absolute Gasteiger partial charge is 0.0454 e. The molecule has 1 N–H and O–H groups in total. The summed E-state index contributed by atoms with van der Waals surface area (Å²) in [5.41, 5.74) is 1.22. The van der Waals surface area contributed by atoms with Gasteiger partial charge in [-0.15, -0.1) is 11.8 Å². The van der Waals surface area contributed by atoms with E-state index in [0.29, 0.717) is 0 Å². The van der Waals surface area contributed by atoms with Gasteiger partial charge in [-0.3, -0.25) is 0 Å². The molecule has 0 unspecified atom stereocenters. The summed E-state index contributed by atoms with van der Waals surface area (Å²) in [6, 6.07) is 8.62. The summed E-state index contributed by atoms with van der Waals surface area (Å²) in [4.78, 5) is 4.53. The number of benzene rings is 1. The molecule has 0 aliphatic heterocycles. The van der Waals surface area contributed by atoms with Crippen molar-refractivity contribution in [2.24, 2.45) is 0 Å². The minimum Gasteiger partial charge on any atom is -0.361 e. The average Bonchev–Trinajstić information content (AvgIpc) is 2.51. The SMILES string of the molecule is CCSc1ccc2[nH]ccc2c1. The number of aromatic amines is 1. The van der Waals surface area contributed by atoms with Crippen LogP contribution in [0.5, 0.6) is 0 Å². The molecule has 2 rings (SSSR count). The lowest BCUT2D eigenvalue weighted by Crippen LogP contribution is -1.72. The largest absolute Gasteiger partial charge is 0.361 e. The van der Waals surface area contributed by atoms with Crippen LogP contribution in [0.1, 0.15) is 6.92 Å². The zero-order chi connectivity index (χ0) is 8.39. The molecule has 0 spiro atoms. The Morgan fingerprint density at radius 2 is 2.25 bits per heavy atom. The van der Waals surface area contributed by atoms with Crippen molar-refractivity contribution < 1.29 is 0 Å². The van der Waals surface area contributed by atoms with E-state index in [4.69, 9.17) is 0 Å². The van der Waals surface area contributed by atoms with Gasteiger partial charge in [-0.1, -0.05) is 6.92 Å². The number of fused-ring (bicyclic) bond motifs is 1. The summed E-state index contributed by atoms with van der Waals surface area (Å²) in [6.45, 7) is 2.17. The quantitative estimate of drug-likeness (QED) is 0.696. The number of nitrogens with one attached hydrogen (secondary N) is 1. The van der Waals surface area contributed by atoms with Crippen molar-refractivity contribution in [2.75, 3.05) is 5.75 Å². The van der Waals surface area contributed by atoms with Gasteiger partial charge < -0.3 is 4.98 Å². The van der Waals surface area contributed by atoms with E-state index in [0.717, 1.165) is 5.75 Å². The zero-order valence-corrected chi connectivity index (χ0v) is 7.82. The molecule has 12 heavy (non-hydrogen) atoms. The first-order valence-corrected chi connectivity index (χ1v) is 5.08. The summed E-state index contributed by atoms with van der Waals surface area (Å²) in [6.07, 6.45) is 1.98. The Morgan fingerprint density at radius 1 is 1.33 bits per heavy atom. The topological polar surface area (TPSA) is 15.8 Å². The molecule has 0 saturated carbocycles. The fourth-order valence-electron chi connectivity index (χ4n) is 1.29. The number of hydrogen-bond donors (Lipinski definition) is 1. The van der Waals surface area contributed by atoms with Crippen molar-refractivity contribution in [1.29, 1.82) is 0 Å². The minimum absolute atomic E-state index is 1.13. The molecule has 0 atom stereocenters. The Kier molecular flexibility index (Phi) is 2.09. The molecular formula is C10H11NS. The molecule has 0 bridgehead atoms. The van der Waals surface area contributed by atoms with Gasteiger partial charge in [0.05, 0.1) is 0 Å². The maximum atomic E-state index is 3.18. The minimum atomic E-state index is 1.13. The Bertz CT molecular complexity index is 378. The highest BCUT2D eigenvalue weighted by Gasteiger charge is 1.95. The lowest BCUT2D eigenvalue weighted by atomic mass is 10.2. The Labute approximate surface area is 76.2 Å². The van der Waals surface area contributed by atoms with Crippen molar-refractivity contribution in [3.63, 3.8) is 0 Å². The van der Waals surface area contributed by atoms with Crippen LogP contribution in [-0.4, -0.2) is 10.7 Å². The van der Waals surface area contributed by atoms with Crippen molar-refractivity contribution >= 4 is 22.7 Å². The monoisotopic (exact) mass is 177 g/mol. The van der Waals surface area contributed by atoms with E-state index in [1.54, 1.807) is 0 Å². The van der Waals surface area contributed by atoms with Gasteiger partial charge >= 0.3 is 0 Å². The van der Waals surface area contributed by atoms with Crippen LogP contribution in [0.15, 0.2) is 35.4 Å². The molecule has 1 aromatic heterocycles. The normalized spacial score (nSPS) is 10.8. The van der Waals surface area contributed by atoms with Crippen molar-refractivity contribution in [2.45, 2.75) is 11.8 Å². The first kappa shape index (κ1) is 7.74. The molecule has 0 aliphatic rings. The van der Waals surface area contributed by atoms with E-state index in [1.165, 1.54) is 15.8 Å². The van der Waals surface area contributed by atoms with Crippen molar-refractivity contribution in [3.05, 3.63) is 30.5 Å². The number of aromatic nitrogens is 1. The lowest BCUT2D eigenvalue weighted by Gasteiger charge is -1.97. The average molecular weight is 177 g/mol. The third-order valence-electron chi connectivity index (χ3n) is 1.84. The number of H-pyrrole nitrogens is 1. The second-order valence-corrected chi connectivity index (χ2v) is 4.00. The van der Waals surface area contributed by atoms with Crippen molar-refractivity contribution in [3.8, 4) is 0 Å². The second kappa shape index (κ2) is 3.23. The highest BCUT2D eigenvalue weighted by Crippen LogP contribution is 2.22. The molecule has 0 fully saturated rings. The fraction of sp³-hybridized carbons (Fsp3) is 0.200. The van der Waals surface area contributed by atoms with Gasteiger partial charge in [-0.05, 0) is 30.0 Å². The molecule has 2 aromatic rings. The third-order valence-corrected chi connectivity index (χ3v) is 2.71. The van der Waals surface area contributed by atoms with E-state index < -0.39 is 0 Å². The molecule has 0 radical (unpaired) electrons. The molecule has 0 saturated heterocycles. The van der Waals surface area contributed by atoms with Gasteiger partial charge in [0.2, 0.25) is 0 Å². The van der Waals surface area contributed by atoms with Gasteiger partial charge in [0.1, 0.15) is 0 Å². The van der Waals surface area contributed by atoms with Gasteiger partial charge in [-0.2, -0.15) is 0 Å². The van der Waals surface area contributed by atoms with Crippen LogP contribution in [0.25, 0.3) is 10.9 Å². The van der Waals surface area contributed by atoms with Crippen LogP contribution in [0.3, 0.4) is 0 Å². The maximum Gasteiger partial charge on any atom is 0.0454 e. The molecule has 0 amide bonds. The van der Waals surface area contributed by atoms with E-state index in [1.807, 2.05) is 18.0 Å². The van der Waals surface area contributed by atoms with Crippen LogP contribution in [0.2, 0.25) is 0 Å². The summed E-state index contributed by atoms with van der Waals surface area (Å²) in [5.74, 6) is 1.13. The molecule has 1 nitrogen and oxygen atoms in total. The van der Waals surface area contributed by atoms with Gasteiger partial charge in [0.15, 0.2) is 0 Å². The predicted octanol–water partition coefficient (Wildman–Crippen LogP) is 3.28. The number of hydrogen-bond acceptors (Lipinski definition) is 1. The second-order valence-electron chi connectivity index (χ2n) is 2.66. The summed E-state index contributed by atoms with van der Waals surface area (Å²) < 4.78 is 0. The Hall–Kier alpha value is -0.890. The maximum absolute atomic E-state index is 3.18. The van der Waals surface area contributed by atoms with Crippen LogP contribution in [-0.2, 0) is 0 Å². The fourth-order valence-corrected chi connectivity index (χ4v) is 2.00. The lowest BCUT2D eigenvalue weighted by molar-refractivity contribution is 1.43. The third kappa shape index (κ3) is 1.34. The summed E-state index contributed by atoms with van der Waals surface area (Å²) in [5, 5.41) is 1.30. The molecular weight excluding hydrogens is 166 g/mol. The van der Waals surface area contributed by atoms with Crippen LogP contribution in [0, 0.1) is 0 Å². The summed E-state index contributed by atoms with van der Waals surface area (Å²) >= 11 is 1.88. The molecule has 62 valence electrons. The van der Waals surface area contributed by atoms with Crippen LogP contribution >= 0.6 is 11.8 Å². The molecule has 1 aromatic carbocycles. The molecule has 2 heteroatoms. The summed E-state index contributed by atoms with van der Waals surface area (Å²) in [7, 11) is 0. The van der Waals surface area contributed by atoms with Gasteiger partial charge in [-0.25, -0.2) is 0 Å². The predicted molar refractivity (Wildman–Crippen MR) is 54.7 cm³/mol. The van der Waals surface area contributed by atoms with Gasteiger partial charge in [0.25, 0.3) is 0 Å². The first-order chi connectivity index (χ1) is 5.90. The van der Waals surface area contributed by atoms with Crippen LogP contribution < -0.4 is 0 Å². The standard InChI is InChI=1S/C10H11NS/c1-2-12-9-3-4-10-8(7-9)5-6-11-10/h3-7,11H,2H2,1H3. The highest BCUT2D eigenvalue weighted by atomic mass is 32.2. The first-order valence-electron chi connectivity index (χ1n) is 4.10. The zero-order valence-electron chi connectivity index (χ0n) is 7.00. The van der Waals surface area contributed by atoms with Gasteiger partial charge in [0, 0.05) is 22.0 Å². The number of thioether (sulfide) groups is 1. The molecule has 1 heterocycles. The van der Waals surface area contributed by atoms with E-state index in [9.17, 15) is 0 Å². The molecule has 0 aliphatic carbocycles.